The molecule has 1 radical (unpaired) electrons. The molecule has 321 valence electrons. The van der Waals surface area contributed by atoms with E-state index in [0.29, 0.717) is 27.9 Å². The van der Waals surface area contributed by atoms with Gasteiger partial charge in [-0.05, 0) is 98.3 Å². The Morgan fingerprint density at radius 2 is 1.33 bits per heavy atom. The zero-order valence-electron chi connectivity index (χ0n) is 40.3. The second kappa shape index (κ2) is 18.4. The molecule has 0 fully saturated rings. The number of pyridine rings is 1. The van der Waals surface area contributed by atoms with Crippen LogP contribution in [0.15, 0.2) is 168 Å². The first-order chi connectivity index (χ1) is 31.7. The van der Waals surface area contributed by atoms with Gasteiger partial charge in [0.05, 0.1) is 22.4 Å². The minimum absolute atomic E-state index is 0. The second-order valence-electron chi connectivity index (χ2n) is 17.9. The van der Waals surface area contributed by atoms with Crippen molar-refractivity contribution < 1.29 is 28.6 Å². The Labute approximate surface area is 395 Å². The van der Waals surface area contributed by atoms with E-state index in [4.69, 9.17) is 13.5 Å². The summed E-state index contributed by atoms with van der Waals surface area (Å²) < 4.78 is 34.4. The first-order valence-electron chi connectivity index (χ1n) is 23.3. The summed E-state index contributed by atoms with van der Waals surface area (Å²) >= 11 is 0. The molecule has 4 nitrogen and oxygen atoms in total. The molecule has 0 aliphatic carbocycles. The summed E-state index contributed by atoms with van der Waals surface area (Å²) in [4.78, 5) is 9.64. The Morgan fingerprint density at radius 3 is 1.97 bits per heavy atom. The van der Waals surface area contributed by atoms with Crippen molar-refractivity contribution in [1.82, 2.24) is 14.5 Å². The molecule has 0 aliphatic rings. The van der Waals surface area contributed by atoms with Crippen molar-refractivity contribution in [2.24, 2.45) is 0 Å². The minimum atomic E-state index is -2.37. The van der Waals surface area contributed by atoms with Gasteiger partial charge in [0.1, 0.15) is 5.58 Å². The number of furan rings is 1. The average molecular weight is 1020 g/mol. The minimum Gasteiger partial charge on any atom is -0.501 e. The number of fused-ring (bicyclic) bond motifs is 4. The number of aromatic nitrogens is 3. The van der Waals surface area contributed by atoms with Crippen LogP contribution in [0.1, 0.15) is 86.7 Å². The van der Waals surface area contributed by atoms with Gasteiger partial charge in [0.2, 0.25) is 0 Å². The first kappa shape index (κ1) is 40.4. The molecule has 64 heavy (non-hydrogen) atoms. The summed E-state index contributed by atoms with van der Waals surface area (Å²) in [6, 6.07) is 59.8. The molecule has 0 amide bonds. The summed E-state index contributed by atoms with van der Waals surface area (Å²) in [5, 5.41) is 1.32. The zero-order valence-corrected chi connectivity index (χ0v) is 39.7. The molecule has 0 bridgehead atoms. The molecule has 10 rings (SSSR count). The van der Waals surface area contributed by atoms with Crippen LogP contribution < -0.4 is 0 Å². The standard InChI is InChI=1S/C44H37N2O.C15H16N.Ir/c1-27(2)36-24-33(31-16-10-7-11-17-31)25-37(28(3)4)42(36)46-39-19-13-12-18-38(39)45-44(46)35-22-20-29(5)41-34-23-21-32(26-40(34)47-43(35)41)30-14-8-6-9-15-30;1-15(2,3)13-9-10-16-14(11-13)12-7-5-4-6-8-12;/h6-21,23-28H,1-5H3;4-7,9-11H,1-3H3;/q2*-1;/i5D3;;. The van der Waals surface area contributed by atoms with E-state index in [0.717, 1.165) is 44.5 Å². The Hall–Kier alpha value is -6.39. The fourth-order valence-electron chi connectivity index (χ4n) is 8.43. The van der Waals surface area contributed by atoms with Gasteiger partial charge in [0, 0.05) is 41.5 Å². The van der Waals surface area contributed by atoms with E-state index in [1.165, 1.54) is 27.8 Å². The predicted molar refractivity (Wildman–Crippen MR) is 264 cm³/mol. The molecule has 0 saturated heterocycles. The molecule has 3 heterocycles. The summed E-state index contributed by atoms with van der Waals surface area (Å²) in [5.74, 6) is 1.06. The van der Waals surface area contributed by atoms with E-state index in [9.17, 15) is 0 Å². The smallest absolute Gasteiger partial charge is 0.121 e. The maximum Gasteiger partial charge on any atom is 0.121 e. The fraction of sp³-hybridized carbons (Fsp3) is 0.186. The molecule has 5 heteroatoms. The van der Waals surface area contributed by atoms with Crippen LogP contribution in [0.2, 0.25) is 0 Å². The van der Waals surface area contributed by atoms with Gasteiger partial charge in [-0.25, -0.2) is 0 Å². The number of benzene rings is 7. The number of para-hydroxylation sites is 2. The fourth-order valence-corrected chi connectivity index (χ4v) is 8.43. The molecule has 10 aromatic rings. The largest absolute Gasteiger partial charge is 0.501 e. The molecule has 0 unspecified atom stereocenters. The van der Waals surface area contributed by atoms with Crippen molar-refractivity contribution in [3.63, 3.8) is 0 Å². The SMILES string of the molecule is CC(C)(C)c1ccnc(-c2[c-]cccc2)c1.[2H]C([2H])([2H])c1c[c-]c(-c2nc3ccccc3n2-c2c(C(C)C)cc(-c3ccccc3)cc2C(C)C)c2oc3cc(-c4ccccc4)ccc3c12.[Ir]. The monoisotopic (exact) mass is 1020 g/mol. The number of hydrogen-bond donors (Lipinski definition) is 0. The van der Waals surface area contributed by atoms with Crippen molar-refractivity contribution >= 4 is 33.0 Å². The molecule has 0 spiro atoms. The molecule has 0 N–H and O–H groups in total. The number of nitrogens with zero attached hydrogens (tertiary/aromatic N) is 3. The van der Waals surface area contributed by atoms with Gasteiger partial charge in [-0.1, -0.05) is 157 Å². The van der Waals surface area contributed by atoms with Gasteiger partial charge in [-0.3, -0.25) is 4.98 Å². The van der Waals surface area contributed by atoms with Crippen molar-refractivity contribution in [3.8, 4) is 50.6 Å². The van der Waals surface area contributed by atoms with Gasteiger partial charge in [0.25, 0.3) is 0 Å². The van der Waals surface area contributed by atoms with Gasteiger partial charge >= 0.3 is 0 Å². The Balaban J connectivity index is 0.000000303. The summed E-state index contributed by atoms with van der Waals surface area (Å²) in [6.07, 6.45) is 1.87. The maximum absolute atomic E-state index is 8.48. The normalized spacial score (nSPS) is 12.5. The summed E-state index contributed by atoms with van der Waals surface area (Å²) in [6.45, 7) is 13.2. The van der Waals surface area contributed by atoms with Crippen molar-refractivity contribution in [2.75, 3.05) is 0 Å². The number of hydrogen-bond acceptors (Lipinski definition) is 3. The van der Waals surface area contributed by atoms with E-state index in [1.54, 1.807) is 6.07 Å². The molecule has 0 saturated carbocycles. The second-order valence-corrected chi connectivity index (χ2v) is 17.9. The summed E-state index contributed by atoms with van der Waals surface area (Å²) in [7, 11) is 0. The molecular formula is C59H53IrN3O-2. The molecule has 0 atom stereocenters. The van der Waals surface area contributed by atoms with E-state index >= 15 is 0 Å². The molecular weight excluding hydrogens is 959 g/mol. The van der Waals surface area contributed by atoms with Crippen LogP contribution in [-0.4, -0.2) is 14.5 Å². The van der Waals surface area contributed by atoms with E-state index < -0.39 is 6.85 Å². The predicted octanol–water partition coefficient (Wildman–Crippen LogP) is 16.1. The van der Waals surface area contributed by atoms with E-state index in [1.807, 2.05) is 91.1 Å². The van der Waals surface area contributed by atoms with Crippen LogP contribution in [-0.2, 0) is 25.5 Å². The number of imidazole rings is 1. The van der Waals surface area contributed by atoms with E-state index in [-0.39, 0.29) is 42.9 Å². The third-order valence-electron chi connectivity index (χ3n) is 11.8. The van der Waals surface area contributed by atoms with Gasteiger partial charge < -0.3 is 14.0 Å². The van der Waals surface area contributed by atoms with Crippen LogP contribution in [0.5, 0.6) is 0 Å². The Bertz CT molecular complexity index is 3300. The van der Waals surface area contributed by atoms with Gasteiger partial charge in [-0.2, -0.15) is 0 Å². The topological polar surface area (TPSA) is 43.9 Å². The Morgan fingerprint density at radius 1 is 0.672 bits per heavy atom. The molecule has 0 aliphatic heterocycles. The van der Waals surface area contributed by atoms with Crippen LogP contribution in [0.4, 0.5) is 0 Å². The van der Waals surface area contributed by atoms with Crippen molar-refractivity contribution in [1.29, 1.82) is 0 Å². The number of aryl methyl sites for hydroxylation is 1. The third-order valence-corrected chi connectivity index (χ3v) is 11.8. The summed E-state index contributed by atoms with van der Waals surface area (Å²) in [5.41, 5.74) is 15.1. The quantitative estimate of drug-likeness (QED) is 0.149. The Kier molecular flexibility index (Phi) is 11.6. The number of rotatable bonds is 7. The van der Waals surface area contributed by atoms with Gasteiger partial charge in [-0.15, -0.1) is 53.6 Å². The van der Waals surface area contributed by atoms with Crippen molar-refractivity contribution in [2.45, 2.75) is 72.6 Å². The van der Waals surface area contributed by atoms with E-state index in [2.05, 4.69) is 137 Å². The molecule has 7 aromatic carbocycles. The third kappa shape index (κ3) is 8.63. The van der Waals surface area contributed by atoms with Crippen LogP contribution in [0.25, 0.3) is 83.6 Å². The van der Waals surface area contributed by atoms with Crippen molar-refractivity contribution in [3.05, 3.63) is 198 Å². The van der Waals surface area contributed by atoms with Crippen LogP contribution in [0, 0.1) is 19.0 Å². The maximum atomic E-state index is 8.48. The first-order valence-corrected chi connectivity index (χ1v) is 21.8. The molecule has 3 aromatic heterocycles. The van der Waals surface area contributed by atoms with Gasteiger partial charge in [0.15, 0.2) is 0 Å². The zero-order chi connectivity index (χ0) is 46.3. The van der Waals surface area contributed by atoms with Crippen LogP contribution >= 0.6 is 0 Å². The average Bonchev–Trinajstić information content (AvgIpc) is 3.90. The van der Waals surface area contributed by atoms with Crippen LogP contribution in [0.3, 0.4) is 0 Å².